The lowest BCUT2D eigenvalue weighted by Gasteiger charge is -2.34. The van der Waals surface area contributed by atoms with E-state index in [9.17, 15) is 13.2 Å². The molecule has 1 aliphatic rings. The average Bonchev–Trinajstić information content (AvgIpc) is 2.66. The second-order valence-corrected chi connectivity index (χ2v) is 10.8. The smallest absolute Gasteiger partial charge is 0.236 e. The van der Waals surface area contributed by atoms with Gasteiger partial charge in [0.05, 0.1) is 11.4 Å². The van der Waals surface area contributed by atoms with E-state index < -0.39 is 9.84 Å². The normalized spacial score (nSPS) is 16.3. The molecule has 1 amide bonds. The van der Waals surface area contributed by atoms with Gasteiger partial charge in [-0.25, -0.2) is 8.42 Å². The Hall–Kier alpha value is -1.44. The molecular formula is C22H37N3O3S. The van der Waals surface area contributed by atoms with Crippen molar-refractivity contribution in [1.29, 1.82) is 0 Å². The molecule has 2 rings (SSSR count). The predicted octanol–water partition coefficient (Wildman–Crippen LogP) is 2.89. The molecular weight excluding hydrogens is 386 g/mol. The molecule has 0 aliphatic carbocycles. The Labute approximate surface area is 176 Å². The topological polar surface area (TPSA) is 83.7 Å². The summed E-state index contributed by atoms with van der Waals surface area (Å²) < 4.78 is 27.1. The van der Waals surface area contributed by atoms with Crippen LogP contribution in [0.15, 0.2) is 17.0 Å². The maximum Gasteiger partial charge on any atom is 0.236 e. The van der Waals surface area contributed by atoms with E-state index in [-0.39, 0.29) is 30.2 Å². The van der Waals surface area contributed by atoms with Crippen molar-refractivity contribution >= 4 is 15.7 Å². The molecule has 1 aromatic carbocycles. The molecule has 1 aromatic rings. The van der Waals surface area contributed by atoms with Gasteiger partial charge in [0, 0.05) is 26.2 Å². The number of hydrogen-bond acceptors (Lipinski definition) is 5. The minimum atomic E-state index is -3.50. The highest BCUT2D eigenvalue weighted by atomic mass is 32.2. The quantitative estimate of drug-likeness (QED) is 0.729. The molecule has 0 bridgehead atoms. The van der Waals surface area contributed by atoms with E-state index in [1.54, 1.807) is 4.90 Å². The first-order valence-electron chi connectivity index (χ1n) is 10.6. The first kappa shape index (κ1) is 23.8. The second-order valence-electron chi connectivity index (χ2n) is 8.94. The van der Waals surface area contributed by atoms with Crippen LogP contribution in [0.4, 0.5) is 0 Å². The highest BCUT2D eigenvalue weighted by Crippen LogP contribution is 2.35. The summed E-state index contributed by atoms with van der Waals surface area (Å²) in [7, 11) is -3.50. The Morgan fingerprint density at radius 1 is 0.931 bits per heavy atom. The largest absolute Gasteiger partial charge is 0.339 e. The average molecular weight is 424 g/mol. The van der Waals surface area contributed by atoms with Gasteiger partial charge in [-0.15, -0.1) is 0 Å². The second kappa shape index (κ2) is 9.58. The van der Waals surface area contributed by atoms with Crippen molar-refractivity contribution in [2.75, 3.05) is 38.6 Å². The highest BCUT2D eigenvalue weighted by molar-refractivity contribution is 7.91. The number of benzene rings is 1. The molecule has 0 radical (unpaired) electrons. The third kappa shape index (κ3) is 5.58. The molecule has 0 saturated carbocycles. The van der Waals surface area contributed by atoms with E-state index in [0.29, 0.717) is 37.0 Å². The molecule has 0 unspecified atom stereocenters. The standard InChI is InChI=1S/C22H37N3O3S/c1-15(2)18-11-19(16(3)4)22(20(12-18)17(5)6)29(27,28)14-24-7-9-25(10-8-24)21(26)13-23/h11-12,15-17H,7-10,13-14,23H2,1-6H3. The fraction of sp³-hybridized carbons (Fsp3) is 0.682. The summed E-state index contributed by atoms with van der Waals surface area (Å²) >= 11 is 0. The number of amides is 1. The van der Waals surface area contributed by atoms with Crippen LogP contribution in [0.25, 0.3) is 0 Å². The number of sulfone groups is 1. The minimum absolute atomic E-state index is 0.00397. The summed E-state index contributed by atoms with van der Waals surface area (Å²) in [6.45, 7) is 14.6. The van der Waals surface area contributed by atoms with Crippen LogP contribution in [-0.2, 0) is 14.6 Å². The van der Waals surface area contributed by atoms with E-state index in [1.807, 2.05) is 4.90 Å². The number of hydrogen-bond donors (Lipinski definition) is 1. The van der Waals surface area contributed by atoms with E-state index in [2.05, 4.69) is 53.7 Å². The molecule has 1 fully saturated rings. The van der Waals surface area contributed by atoms with Gasteiger partial charge in [0.1, 0.15) is 5.88 Å². The number of carbonyl (C=O) groups is 1. The van der Waals surface area contributed by atoms with Crippen molar-refractivity contribution in [3.8, 4) is 0 Å². The highest BCUT2D eigenvalue weighted by Gasteiger charge is 2.30. The van der Waals surface area contributed by atoms with Gasteiger partial charge >= 0.3 is 0 Å². The number of nitrogens with two attached hydrogens (primary N) is 1. The van der Waals surface area contributed by atoms with Gasteiger partial charge in [-0.05, 0) is 34.4 Å². The molecule has 0 spiro atoms. The van der Waals surface area contributed by atoms with Gasteiger partial charge in [-0.2, -0.15) is 0 Å². The summed E-state index contributed by atoms with van der Waals surface area (Å²) in [5, 5.41) is 0. The molecule has 164 valence electrons. The molecule has 0 atom stereocenters. The number of carbonyl (C=O) groups excluding carboxylic acids is 1. The van der Waals surface area contributed by atoms with Gasteiger partial charge in [0.15, 0.2) is 9.84 Å². The number of rotatable bonds is 7. The first-order valence-corrected chi connectivity index (χ1v) is 12.2. The van der Waals surface area contributed by atoms with Crippen molar-refractivity contribution in [3.05, 3.63) is 28.8 Å². The zero-order valence-electron chi connectivity index (χ0n) is 18.7. The van der Waals surface area contributed by atoms with E-state index in [0.717, 1.165) is 11.1 Å². The van der Waals surface area contributed by atoms with Gasteiger partial charge < -0.3 is 10.6 Å². The third-order valence-corrected chi connectivity index (χ3v) is 7.44. The lowest BCUT2D eigenvalue weighted by atomic mass is 9.89. The SMILES string of the molecule is CC(C)c1cc(C(C)C)c(S(=O)(=O)CN2CCN(C(=O)CN)CC2)c(C(C)C)c1. The first-order chi connectivity index (χ1) is 13.5. The van der Waals surface area contributed by atoms with Crippen LogP contribution in [0.2, 0.25) is 0 Å². The summed E-state index contributed by atoms with van der Waals surface area (Å²) in [6.07, 6.45) is 0. The lowest BCUT2D eigenvalue weighted by Crippen LogP contribution is -2.51. The van der Waals surface area contributed by atoms with Crippen molar-refractivity contribution in [2.45, 2.75) is 64.2 Å². The van der Waals surface area contributed by atoms with Crippen LogP contribution in [0.5, 0.6) is 0 Å². The van der Waals surface area contributed by atoms with Crippen molar-refractivity contribution in [3.63, 3.8) is 0 Å². The van der Waals surface area contributed by atoms with Gasteiger partial charge in [-0.3, -0.25) is 9.69 Å². The Bertz CT molecular complexity index is 795. The molecule has 2 N–H and O–H groups in total. The molecule has 0 aromatic heterocycles. The minimum Gasteiger partial charge on any atom is -0.339 e. The van der Waals surface area contributed by atoms with Crippen LogP contribution in [0.3, 0.4) is 0 Å². The van der Waals surface area contributed by atoms with Crippen LogP contribution < -0.4 is 5.73 Å². The monoisotopic (exact) mass is 423 g/mol. The predicted molar refractivity (Wildman–Crippen MR) is 118 cm³/mol. The van der Waals surface area contributed by atoms with E-state index >= 15 is 0 Å². The Morgan fingerprint density at radius 3 is 1.79 bits per heavy atom. The van der Waals surface area contributed by atoms with Crippen molar-refractivity contribution in [2.24, 2.45) is 5.73 Å². The van der Waals surface area contributed by atoms with Crippen LogP contribution >= 0.6 is 0 Å². The maximum atomic E-state index is 13.6. The van der Waals surface area contributed by atoms with Gasteiger partial charge in [0.25, 0.3) is 0 Å². The van der Waals surface area contributed by atoms with Gasteiger partial charge in [0.2, 0.25) is 5.91 Å². The maximum absolute atomic E-state index is 13.6. The molecule has 29 heavy (non-hydrogen) atoms. The van der Waals surface area contributed by atoms with Crippen LogP contribution in [0.1, 0.15) is 76.0 Å². The number of nitrogens with zero attached hydrogens (tertiary/aromatic N) is 2. The molecule has 1 aliphatic heterocycles. The Kier molecular flexibility index (Phi) is 7.87. The summed E-state index contributed by atoms with van der Waals surface area (Å²) in [6, 6.07) is 4.15. The van der Waals surface area contributed by atoms with Crippen LogP contribution in [-0.4, -0.2) is 62.7 Å². The molecule has 7 heteroatoms. The third-order valence-electron chi connectivity index (χ3n) is 5.64. The molecule has 1 saturated heterocycles. The zero-order chi connectivity index (χ0) is 21.9. The summed E-state index contributed by atoms with van der Waals surface area (Å²) in [5.41, 5.74) is 8.45. The fourth-order valence-corrected chi connectivity index (χ4v) is 5.98. The van der Waals surface area contributed by atoms with E-state index in [4.69, 9.17) is 5.73 Å². The van der Waals surface area contributed by atoms with Crippen molar-refractivity contribution in [1.82, 2.24) is 9.80 Å². The van der Waals surface area contributed by atoms with Gasteiger partial charge in [-0.1, -0.05) is 53.7 Å². The summed E-state index contributed by atoms with van der Waals surface area (Å²) in [5.74, 6) is 0.485. The molecule has 6 nitrogen and oxygen atoms in total. The Balaban J connectivity index is 2.38. The summed E-state index contributed by atoms with van der Waals surface area (Å²) in [4.78, 5) is 15.9. The zero-order valence-corrected chi connectivity index (χ0v) is 19.6. The Morgan fingerprint density at radius 2 is 1.41 bits per heavy atom. The lowest BCUT2D eigenvalue weighted by molar-refractivity contribution is -0.131. The fourth-order valence-electron chi connectivity index (χ4n) is 3.81. The van der Waals surface area contributed by atoms with E-state index in [1.165, 1.54) is 5.56 Å². The molecule has 1 heterocycles. The van der Waals surface area contributed by atoms with Crippen molar-refractivity contribution < 1.29 is 13.2 Å². The van der Waals surface area contributed by atoms with Crippen LogP contribution in [0, 0.1) is 0 Å². The number of piperazine rings is 1.